The number of hydrogen-bond acceptors (Lipinski definition) is 3. The Kier molecular flexibility index (Phi) is 3.41. The van der Waals surface area contributed by atoms with Gasteiger partial charge in [0.05, 0.1) is 12.1 Å². The monoisotopic (exact) mass is 248 g/mol. The maximum atomic E-state index is 12.3. The molecule has 0 radical (unpaired) electrons. The van der Waals surface area contributed by atoms with E-state index in [1.54, 1.807) is 6.92 Å². The Labute approximate surface area is 107 Å². The number of hydrogen-bond donors (Lipinski definition) is 3. The Morgan fingerprint density at radius 1 is 1.44 bits per heavy atom. The van der Waals surface area contributed by atoms with E-state index in [0.29, 0.717) is 0 Å². The van der Waals surface area contributed by atoms with Crippen LogP contribution in [-0.2, 0) is 10.3 Å². The molecule has 1 unspecified atom stereocenters. The largest absolute Gasteiger partial charge is 0.394 e. The van der Waals surface area contributed by atoms with Gasteiger partial charge in [-0.15, -0.1) is 0 Å². The second kappa shape index (κ2) is 4.71. The molecule has 4 nitrogen and oxygen atoms in total. The average Bonchev–Trinajstić information content (AvgIpc) is 2.34. The van der Waals surface area contributed by atoms with Gasteiger partial charge in [-0.05, 0) is 31.7 Å². The summed E-state index contributed by atoms with van der Waals surface area (Å²) in [5.41, 5.74) is 5.38. The van der Waals surface area contributed by atoms with Crippen molar-refractivity contribution in [2.45, 2.75) is 37.3 Å². The van der Waals surface area contributed by atoms with Gasteiger partial charge in [0.1, 0.15) is 5.54 Å². The van der Waals surface area contributed by atoms with Gasteiger partial charge in [-0.3, -0.25) is 4.79 Å². The van der Waals surface area contributed by atoms with E-state index in [2.05, 4.69) is 5.32 Å². The van der Waals surface area contributed by atoms with Crippen LogP contribution in [0.15, 0.2) is 30.3 Å². The molecule has 0 spiro atoms. The SMILES string of the molecule is CC(N)(C(=O)NC1(CO)CCC1)c1ccccc1. The number of amides is 1. The van der Waals surface area contributed by atoms with Crippen LogP contribution in [0.3, 0.4) is 0 Å². The van der Waals surface area contributed by atoms with Crippen molar-refractivity contribution in [3.8, 4) is 0 Å². The second-order valence-corrected chi connectivity index (χ2v) is 5.31. The maximum Gasteiger partial charge on any atom is 0.244 e. The van der Waals surface area contributed by atoms with Crippen molar-refractivity contribution >= 4 is 5.91 Å². The molecule has 1 saturated carbocycles. The number of rotatable bonds is 4. The molecule has 1 atom stereocenters. The molecule has 4 N–H and O–H groups in total. The highest BCUT2D eigenvalue weighted by molar-refractivity contribution is 5.87. The standard InChI is InChI=1S/C14H20N2O2/c1-13(15,11-6-3-2-4-7-11)12(18)16-14(10-17)8-5-9-14/h2-4,6-7,17H,5,8-10,15H2,1H3,(H,16,18). The van der Waals surface area contributed by atoms with E-state index in [9.17, 15) is 9.90 Å². The minimum Gasteiger partial charge on any atom is -0.394 e. The Hall–Kier alpha value is -1.39. The number of aliphatic hydroxyl groups is 1. The van der Waals surface area contributed by atoms with E-state index in [4.69, 9.17) is 5.73 Å². The summed E-state index contributed by atoms with van der Waals surface area (Å²) >= 11 is 0. The fourth-order valence-corrected chi connectivity index (χ4v) is 2.21. The van der Waals surface area contributed by atoms with Gasteiger partial charge in [0, 0.05) is 0 Å². The zero-order valence-corrected chi connectivity index (χ0v) is 10.6. The summed E-state index contributed by atoms with van der Waals surface area (Å²) in [5, 5.41) is 12.3. The van der Waals surface area contributed by atoms with E-state index in [1.807, 2.05) is 30.3 Å². The van der Waals surface area contributed by atoms with Crippen LogP contribution >= 0.6 is 0 Å². The molecule has 1 aliphatic carbocycles. The zero-order valence-electron chi connectivity index (χ0n) is 10.6. The molecular weight excluding hydrogens is 228 g/mol. The highest BCUT2D eigenvalue weighted by atomic mass is 16.3. The third kappa shape index (κ3) is 2.26. The van der Waals surface area contributed by atoms with Crippen molar-refractivity contribution in [2.24, 2.45) is 5.73 Å². The van der Waals surface area contributed by atoms with Gasteiger partial charge in [-0.25, -0.2) is 0 Å². The quantitative estimate of drug-likeness (QED) is 0.740. The fraction of sp³-hybridized carbons (Fsp3) is 0.500. The van der Waals surface area contributed by atoms with Gasteiger partial charge in [0.2, 0.25) is 5.91 Å². The lowest BCUT2D eigenvalue weighted by atomic mass is 9.76. The number of benzene rings is 1. The number of aliphatic hydroxyl groups excluding tert-OH is 1. The Morgan fingerprint density at radius 3 is 2.50 bits per heavy atom. The lowest BCUT2D eigenvalue weighted by Crippen LogP contribution is -2.62. The topological polar surface area (TPSA) is 75.4 Å². The summed E-state index contributed by atoms with van der Waals surface area (Å²) in [6.07, 6.45) is 2.67. The first-order chi connectivity index (χ1) is 8.50. The lowest BCUT2D eigenvalue weighted by molar-refractivity contribution is -0.130. The van der Waals surface area contributed by atoms with Gasteiger partial charge in [-0.1, -0.05) is 30.3 Å². The van der Waals surface area contributed by atoms with E-state index in [1.165, 1.54) is 0 Å². The van der Waals surface area contributed by atoms with E-state index in [-0.39, 0.29) is 12.5 Å². The molecule has 2 rings (SSSR count). The molecular formula is C14H20N2O2. The normalized spacial score (nSPS) is 20.6. The predicted molar refractivity (Wildman–Crippen MR) is 69.8 cm³/mol. The van der Waals surface area contributed by atoms with Crippen LogP contribution in [0.4, 0.5) is 0 Å². The minimum atomic E-state index is -1.07. The van der Waals surface area contributed by atoms with E-state index < -0.39 is 11.1 Å². The molecule has 0 aromatic heterocycles. The Morgan fingerprint density at radius 2 is 2.06 bits per heavy atom. The fourth-order valence-electron chi connectivity index (χ4n) is 2.21. The molecule has 4 heteroatoms. The average molecular weight is 248 g/mol. The molecule has 1 aromatic rings. The first-order valence-corrected chi connectivity index (χ1v) is 6.28. The summed E-state index contributed by atoms with van der Waals surface area (Å²) in [4.78, 5) is 12.3. The number of carbonyl (C=O) groups is 1. The van der Waals surface area contributed by atoms with Crippen molar-refractivity contribution in [3.63, 3.8) is 0 Å². The Balaban J connectivity index is 2.13. The van der Waals surface area contributed by atoms with Crippen molar-refractivity contribution in [3.05, 3.63) is 35.9 Å². The third-order valence-corrected chi connectivity index (χ3v) is 3.84. The van der Waals surface area contributed by atoms with Crippen molar-refractivity contribution in [2.75, 3.05) is 6.61 Å². The Bertz CT molecular complexity index is 419. The molecule has 0 bridgehead atoms. The van der Waals surface area contributed by atoms with E-state index >= 15 is 0 Å². The zero-order chi connectivity index (χ0) is 13.2. The summed E-state index contributed by atoms with van der Waals surface area (Å²) in [6.45, 7) is 1.67. The van der Waals surface area contributed by atoms with Crippen LogP contribution in [0, 0.1) is 0 Å². The van der Waals surface area contributed by atoms with Gasteiger partial charge in [-0.2, -0.15) is 0 Å². The van der Waals surface area contributed by atoms with Gasteiger partial charge < -0.3 is 16.2 Å². The highest BCUT2D eigenvalue weighted by Crippen LogP contribution is 2.32. The van der Waals surface area contributed by atoms with Crippen molar-refractivity contribution in [1.29, 1.82) is 0 Å². The van der Waals surface area contributed by atoms with Crippen LogP contribution < -0.4 is 11.1 Å². The summed E-state index contributed by atoms with van der Waals surface area (Å²) in [7, 11) is 0. The molecule has 1 aromatic carbocycles. The maximum absolute atomic E-state index is 12.3. The molecule has 98 valence electrons. The minimum absolute atomic E-state index is 0.0242. The summed E-state index contributed by atoms with van der Waals surface area (Å²) in [6, 6.07) is 9.29. The molecule has 1 fully saturated rings. The molecule has 0 heterocycles. The van der Waals surface area contributed by atoms with Crippen molar-refractivity contribution in [1.82, 2.24) is 5.32 Å². The lowest BCUT2D eigenvalue weighted by Gasteiger charge is -2.42. The first kappa shape index (κ1) is 13.1. The second-order valence-electron chi connectivity index (χ2n) is 5.31. The van der Waals surface area contributed by atoms with Crippen LogP contribution in [0.5, 0.6) is 0 Å². The van der Waals surface area contributed by atoms with Crippen molar-refractivity contribution < 1.29 is 9.90 Å². The summed E-state index contributed by atoms with van der Waals surface area (Å²) < 4.78 is 0. The molecule has 18 heavy (non-hydrogen) atoms. The predicted octanol–water partition coefficient (Wildman–Crippen LogP) is 0.892. The van der Waals surface area contributed by atoms with Gasteiger partial charge >= 0.3 is 0 Å². The number of nitrogens with two attached hydrogens (primary N) is 1. The van der Waals surface area contributed by atoms with Gasteiger partial charge in [0.15, 0.2) is 0 Å². The highest BCUT2D eigenvalue weighted by Gasteiger charge is 2.41. The van der Waals surface area contributed by atoms with Crippen LogP contribution in [0.25, 0.3) is 0 Å². The molecule has 0 saturated heterocycles. The number of carbonyl (C=O) groups excluding carboxylic acids is 1. The first-order valence-electron chi connectivity index (χ1n) is 6.28. The smallest absolute Gasteiger partial charge is 0.244 e. The van der Waals surface area contributed by atoms with Gasteiger partial charge in [0.25, 0.3) is 0 Å². The summed E-state index contributed by atoms with van der Waals surface area (Å²) in [5.74, 6) is -0.234. The molecule has 1 amide bonds. The van der Waals surface area contributed by atoms with E-state index in [0.717, 1.165) is 24.8 Å². The van der Waals surface area contributed by atoms with Crippen LogP contribution in [-0.4, -0.2) is 23.2 Å². The van der Waals surface area contributed by atoms with Crippen LogP contribution in [0.1, 0.15) is 31.7 Å². The number of nitrogens with one attached hydrogen (secondary N) is 1. The molecule has 0 aliphatic heterocycles. The molecule has 1 aliphatic rings. The third-order valence-electron chi connectivity index (χ3n) is 3.84. The van der Waals surface area contributed by atoms with Crippen LogP contribution in [0.2, 0.25) is 0 Å².